The van der Waals surface area contributed by atoms with Crippen LogP contribution in [0.1, 0.15) is 23.8 Å². The lowest BCUT2D eigenvalue weighted by Gasteiger charge is -2.20. The largest absolute Gasteiger partial charge is 0.316 e. The van der Waals surface area contributed by atoms with Crippen molar-refractivity contribution in [2.75, 3.05) is 13.1 Å². The molecule has 0 aliphatic carbocycles. The summed E-state index contributed by atoms with van der Waals surface area (Å²) in [6.07, 6.45) is 4.50. The fourth-order valence-corrected chi connectivity index (χ4v) is 2.28. The lowest BCUT2D eigenvalue weighted by atomic mass is 10.0. The molecule has 68 valence electrons. The van der Waals surface area contributed by atoms with Crippen LogP contribution in [0.4, 0.5) is 0 Å². The zero-order chi connectivity index (χ0) is 7.52. The number of piperidine rings is 1. The van der Waals surface area contributed by atoms with Crippen LogP contribution in [0.3, 0.4) is 0 Å². The summed E-state index contributed by atoms with van der Waals surface area (Å²) in [6, 6.07) is 0. The maximum atomic E-state index is 4.32. The fraction of sp³-hybridized carbons (Fsp3) is 0.625. The Morgan fingerprint density at radius 2 is 2.50 bits per heavy atom. The second kappa shape index (κ2) is 4.80. The molecule has 1 aliphatic rings. The van der Waals surface area contributed by atoms with E-state index in [1.165, 1.54) is 24.4 Å². The smallest absolute Gasteiger partial charge is 0.0968 e. The number of thiazole rings is 1. The third-order valence-corrected chi connectivity index (χ3v) is 3.04. The summed E-state index contributed by atoms with van der Waals surface area (Å²) >= 11 is 1.78. The standard InChI is InChI=1S/C8H12N2S.ClH/c1-2-7(6-9-3-1)8-10-4-5-11-8;/h4-5,7,9H,1-3,6H2;1H. The molecule has 4 heteroatoms. The van der Waals surface area contributed by atoms with Crippen LogP contribution in [0.2, 0.25) is 0 Å². The third kappa shape index (κ3) is 2.19. The van der Waals surface area contributed by atoms with Gasteiger partial charge in [0.2, 0.25) is 0 Å². The Morgan fingerprint density at radius 1 is 1.58 bits per heavy atom. The minimum absolute atomic E-state index is 0. The predicted molar refractivity (Wildman–Crippen MR) is 54.2 cm³/mol. The monoisotopic (exact) mass is 204 g/mol. The summed E-state index contributed by atoms with van der Waals surface area (Å²) in [5, 5.41) is 6.75. The lowest BCUT2D eigenvalue weighted by Crippen LogP contribution is -2.28. The maximum Gasteiger partial charge on any atom is 0.0968 e. The Hall–Kier alpha value is -0.120. The molecule has 1 aliphatic heterocycles. The molecule has 0 aromatic carbocycles. The number of halogens is 1. The number of nitrogens with one attached hydrogen (secondary N) is 1. The van der Waals surface area contributed by atoms with E-state index in [0.717, 1.165) is 6.54 Å². The van der Waals surface area contributed by atoms with Crippen molar-refractivity contribution in [3.63, 3.8) is 0 Å². The van der Waals surface area contributed by atoms with Gasteiger partial charge in [-0.15, -0.1) is 23.7 Å². The van der Waals surface area contributed by atoms with Gasteiger partial charge in [-0.05, 0) is 19.4 Å². The van der Waals surface area contributed by atoms with E-state index in [0.29, 0.717) is 5.92 Å². The van der Waals surface area contributed by atoms with Crippen molar-refractivity contribution >= 4 is 23.7 Å². The van der Waals surface area contributed by atoms with Crippen molar-refractivity contribution in [2.45, 2.75) is 18.8 Å². The van der Waals surface area contributed by atoms with E-state index in [2.05, 4.69) is 15.7 Å². The molecular formula is C8H13ClN2S. The molecule has 1 atom stereocenters. The van der Waals surface area contributed by atoms with Crippen LogP contribution in [0.5, 0.6) is 0 Å². The van der Waals surface area contributed by atoms with Crippen LogP contribution >= 0.6 is 23.7 Å². The van der Waals surface area contributed by atoms with Gasteiger partial charge in [-0.1, -0.05) is 0 Å². The lowest BCUT2D eigenvalue weighted by molar-refractivity contribution is 0.460. The number of hydrogen-bond acceptors (Lipinski definition) is 3. The molecule has 1 N–H and O–H groups in total. The first-order chi connectivity index (χ1) is 5.47. The van der Waals surface area contributed by atoms with Gasteiger partial charge in [-0.2, -0.15) is 0 Å². The summed E-state index contributed by atoms with van der Waals surface area (Å²) in [5.74, 6) is 0.684. The average Bonchev–Trinajstić information content (AvgIpc) is 2.58. The van der Waals surface area contributed by atoms with E-state index in [9.17, 15) is 0 Å². The van der Waals surface area contributed by atoms with Gasteiger partial charge < -0.3 is 5.32 Å². The number of aromatic nitrogens is 1. The summed E-state index contributed by atoms with van der Waals surface area (Å²) < 4.78 is 0. The van der Waals surface area contributed by atoms with Crippen LogP contribution in [0.25, 0.3) is 0 Å². The normalized spacial score (nSPS) is 23.2. The highest BCUT2D eigenvalue weighted by Gasteiger charge is 2.16. The number of rotatable bonds is 1. The number of hydrogen-bond donors (Lipinski definition) is 1. The molecule has 1 fully saturated rings. The fourth-order valence-electron chi connectivity index (χ4n) is 1.50. The van der Waals surface area contributed by atoms with Crippen molar-refractivity contribution in [3.8, 4) is 0 Å². The minimum Gasteiger partial charge on any atom is -0.316 e. The Morgan fingerprint density at radius 3 is 3.08 bits per heavy atom. The second-order valence-electron chi connectivity index (χ2n) is 2.91. The average molecular weight is 205 g/mol. The van der Waals surface area contributed by atoms with E-state index in [1.807, 2.05) is 6.20 Å². The first-order valence-electron chi connectivity index (χ1n) is 4.07. The molecule has 0 bridgehead atoms. The van der Waals surface area contributed by atoms with E-state index in [4.69, 9.17) is 0 Å². The molecule has 1 unspecified atom stereocenters. The molecule has 1 aromatic heterocycles. The van der Waals surface area contributed by atoms with Crippen LogP contribution in [0.15, 0.2) is 11.6 Å². The van der Waals surface area contributed by atoms with Gasteiger partial charge in [-0.25, -0.2) is 4.98 Å². The highest BCUT2D eigenvalue weighted by molar-refractivity contribution is 7.09. The molecule has 1 aromatic rings. The highest BCUT2D eigenvalue weighted by atomic mass is 35.5. The topological polar surface area (TPSA) is 24.9 Å². The van der Waals surface area contributed by atoms with Crippen LogP contribution in [0, 0.1) is 0 Å². The van der Waals surface area contributed by atoms with E-state index in [-0.39, 0.29) is 12.4 Å². The first kappa shape index (κ1) is 9.96. The zero-order valence-corrected chi connectivity index (χ0v) is 8.46. The summed E-state index contributed by atoms with van der Waals surface area (Å²) in [7, 11) is 0. The molecule has 0 radical (unpaired) electrons. The SMILES string of the molecule is Cl.c1csc(C2CCCNC2)n1. The molecule has 0 amide bonds. The Balaban J connectivity index is 0.000000720. The van der Waals surface area contributed by atoms with Crippen LogP contribution < -0.4 is 5.32 Å². The van der Waals surface area contributed by atoms with Gasteiger partial charge >= 0.3 is 0 Å². The van der Waals surface area contributed by atoms with Gasteiger partial charge in [0.1, 0.15) is 0 Å². The minimum atomic E-state index is 0. The van der Waals surface area contributed by atoms with Gasteiger partial charge in [0, 0.05) is 24.0 Å². The van der Waals surface area contributed by atoms with Crippen molar-refractivity contribution in [2.24, 2.45) is 0 Å². The Bertz CT molecular complexity index is 207. The predicted octanol–water partition coefficient (Wildman–Crippen LogP) is 2.03. The molecule has 0 spiro atoms. The molecule has 12 heavy (non-hydrogen) atoms. The third-order valence-electron chi connectivity index (χ3n) is 2.10. The molecule has 2 heterocycles. The van der Waals surface area contributed by atoms with Gasteiger partial charge in [-0.3, -0.25) is 0 Å². The van der Waals surface area contributed by atoms with Gasteiger partial charge in [0.25, 0.3) is 0 Å². The van der Waals surface area contributed by atoms with E-state index >= 15 is 0 Å². The molecular weight excluding hydrogens is 192 g/mol. The Kier molecular flexibility index (Phi) is 3.98. The highest BCUT2D eigenvalue weighted by Crippen LogP contribution is 2.24. The van der Waals surface area contributed by atoms with Gasteiger partial charge in [0.15, 0.2) is 0 Å². The zero-order valence-electron chi connectivity index (χ0n) is 6.82. The summed E-state index contributed by atoms with van der Waals surface area (Å²) in [5.41, 5.74) is 0. The van der Waals surface area contributed by atoms with Crippen LogP contribution in [-0.2, 0) is 0 Å². The molecule has 1 saturated heterocycles. The van der Waals surface area contributed by atoms with E-state index in [1.54, 1.807) is 11.3 Å². The maximum absolute atomic E-state index is 4.32. The second-order valence-corrected chi connectivity index (χ2v) is 3.84. The quantitative estimate of drug-likeness (QED) is 0.758. The Labute approximate surface area is 82.8 Å². The summed E-state index contributed by atoms with van der Waals surface area (Å²) in [4.78, 5) is 4.32. The summed E-state index contributed by atoms with van der Waals surface area (Å²) in [6.45, 7) is 2.30. The van der Waals surface area contributed by atoms with Crippen molar-refractivity contribution in [1.82, 2.24) is 10.3 Å². The molecule has 2 nitrogen and oxygen atoms in total. The van der Waals surface area contributed by atoms with Gasteiger partial charge in [0.05, 0.1) is 5.01 Å². The molecule has 2 rings (SSSR count). The van der Waals surface area contributed by atoms with Crippen molar-refractivity contribution in [1.29, 1.82) is 0 Å². The number of nitrogens with zero attached hydrogens (tertiary/aromatic N) is 1. The van der Waals surface area contributed by atoms with Crippen molar-refractivity contribution in [3.05, 3.63) is 16.6 Å². The molecule has 0 saturated carbocycles. The first-order valence-corrected chi connectivity index (χ1v) is 4.95. The van der Waals surface area contributed by atoms with E-state index < -0.39 is 0 Å². The van der Waals surface area contributed by atoms with Crippen molar-refractivity contribution < 1.29 is 0 Å². The van der Waals surface area contributed by atoms with Crippen LogP contribution in [-0.4, -0.2) is 18.1 Å².